The van der Waals surface area contributed by atoms with Crippen molar-refractivity contribution in [1.29, 1.82) is 0 Å². The zero-order chi connectivity index (χ0) is 10.6. The summed E-state index contributed by atoms with van der Waals surface area (Å²) in [5.41, 5.74) is 5.38. The van der Waals surface area contributed by atoms with Gasteiger partial charge in [0.1, 0.15) is 0 Å². The maximum Gasteiger partial charge on any atom is 0.0497 e. The molecule has 0 saturated heterocycles. The highest BCUT2D eigenvalue weighted by Crippen LogP contribution is 2.45. The molecule has 0 unspecified atom stereocenters. The molecule has 2 aromatic rings. The molecule has 1 N–H and O–H groups in total. The quantitative estimate of drug-likeness (QED) is 0.784. The molecule has 1 saturated carbocycles. The summed E-state index contributed by atoms with van der Waals surface area (Å²) in [5, 5.41) is 1.34. The minimum absolute atomic E-state index is 0.770. The number of aryl methyl sites for hydroxylation is 2. The lowest BCUT2D eigenvalue weighted by Gasteiger charge is -1.98. The summed E-state index contributed by atoms with van der Waals surface area (Å²) in [5.74, 6) is 0.770. The van der Waals surface area contributed by atoms with E-state index in [2.05, 4.69) is 46.9 Å². The Balaban J connectivity index is 2.34. The Hall–Kier alpha value is -0.760. The maximum absolute atomic E-state index is 3.73. The summed E-state index contributed by atoms with van der Waals surface area (Å²) < 4.78 is 1.28. The van der Waals surface area contributed by atoms with E-state index in [4.69, 9.17) is 0 Å². The van der Waals surface area contributed by atoms with Gasteiger partial charge in [-0.15, -0.1) is 0 Å². The van der Waals surface area contributed by atoms with E-state index in [1.165, 1.54) is 45.0 Å². The Morgan fingerprint density at radius 1 is 1.27 bits per heavy atom. The number of hydrogen-bond acceptors (Lipinski definition) is 0. The fourth-order valence-electron chi connectivity index (χ4n) is 2.29. The van der Waals surface area contributed by atoms with E-state index < -0.39 is 0 Å². The molecule has 0 aliphatic heterocycles. The summed E-state index contributed by atoms with van der Waals surface area (Å²) in [4.78, 5) is 3.57. The topological polar surface area (TPSA) is 15.8 Å². The Morgan fingerprint density at radius 2 is 2.00 bits per heavy atom. The van der Waals surface area contributed by atoms with E-state index in [1.54, 1.807) is 0 Å². The average molecular weight is 264 g/mol. The first-order chi connectivity index (χ1) is 7.16. The van der Waals surface area contributed by atoms with Gasteiger partial charge in [-0.3, -0.25) is 0 Å². The number of aromatic nitrogens is 1. The molecule has 1 aromatic heterocycles. The standard InChI is InChI=1S/C13H14BrN/c1-7-5-8(2)12-10(6-7)11(14)13(15-12)9-3-4-9/h5-6,9,15H,3-4H2,1-2H3. The van der Waals surface area contributed by atoms with Crippen LogP contribution in [0.15, 0.2) is 16.6 Å². The van der Waals surface area contributed by atoms with Crippen molar-refractivity contribution >= 4 is 26.8 Å². The molecule has 2 heteroatoms. The van der Waals surface area contributed by atoms with Crippen molar-refractivity contribution in [2.24, 2.45) is 0 Å². The van der Waals surface area contributed by atoms with Gasteiger partial charge in [-0.1, -0.05) is 11.6 Å². The average Bonchev–Trinajstić information content (AvgIpc) is 2.94. The van der Waals surface area contributed by atoms with Crippen molar-refractivity contribution in [2.75, 3.05) is 0 Å². The minimum atomic E-state index is 0.770. The van der Waals surface area contributed by atoms with Crippen LogP contribution < -0.4 is 0 Å². The summed E-state index contributed by atoms with van der Waals surface area (Å²) in [6.07, 6.45) is 2.67. The van der Waals surface area contributed by atoms with E-state index in [0.29, 0.717) is 0 Å². The molecule has 1 nitrogen and oxygen atoms in total. The van der Waals surface area contributed by atoms with E-state index in [0.717, 1.165) is 5.92 Å². The summed E-state index contributed by atoms with van der Waals surface area (Å²) >= 11 is 3.73. The van der Waals surface area contributed by atoms with E-state index in [-0.39, 0.29) is 0 Å². The molecular weight excluding hydrogens is 250 g/mol. The molecule has 0 atom stereocenters. The van der Waals surface area contributed by atoms with Crippen LogP contribution in [0.1, 0.15) is 35.6 Å². The van der Waals surface area contributed by atoms with Gasteiger partial charge in [0.15, 0.2) is 0 Å². The van der Waals surface area contributed by atoms with Crippen molar-refractivity contribution in [1.82, 2.24) is 4.98 Å². The third-order valence-corrected chi connectivity index (χ3v) is 4.05. The number of rotatable bonds is 1. The number of H-pyrrole nitrogens is 1. The first-order valence-electron chi connectivity index (χ1n) is 5.45. The predicted molar refractivity (Wildman–Crippen MR) is 67.4 cm³/mol. The van der Waals surface area contributed by atoms with Crippen LogP contribution in [0.3, 0.4) is 0 Å². The molecule has 1 fully saturated rings. The number of nitrogens with one attached hydrogen (secondary N) is 1. The normalized spacial score (nSPS) is 16.2. The highest BCUT2D eigenvalue weighted by Gasteiger charge is 2.28. The van der Waals surface area contributed by atoms with Crippen LogP contribution in [-0.2, 0) is 0 Å². The fourth-order valence-corrected chi connectivity index (χ4v) is 3.03. The Labute approximate surface area is 98.0 Å². The van der Waals surface area contributed by atoms with Gasteiger partial charge in [0.25, 0.3) is 0 Å². The summed E-state index contributed by atoms with van der Waals surface area (Å²) in [6, 6.07) is 4.50. The molecule has 1 heterocycles. The monoisotopic (exact) mass is 263 g/mol. The molecule has 78 valence electrons. The molecule has 0 amide bonds. The molecule has 0 radical (unpaired) electrons. The smallest absolute Gasteiger partial charge is 0.0497 e. The maximum atomic E-state index is 3.73. The van der Waals surface area contributed by atoms with Gasteiger partial charge >= 0.3 is 0 Å². The number of fused-ring (bicyclic) bond motifs is 1. The van der Waals surface area contributed by atoms with Crippen molar-refractivity contribution in [2.45, 2.75) is 32.6 Å². The predicted octanol–water partition coefficient (Wildman–Crippen LogP) is 4.42. The SMILES string of the molecule is Cc1cc(C)c2[nH]c(C3CC3)c(Br)c2c1. The molecule has 0 spiro atoms. The second kappa shape index (κ2) is 3.11. The van der Waals surface area contributed by atoms with Gasteiger partial charge in [0.05, 0.1) is 0 Å². The largest absolute Gasteiger partial charge is 0.357 e. The summed E-state index contributed by atoms with van der Waals surface area (Å²) in [7, 11) is 0. The molecule has 1 aromatic carbocycles. The lowest BCUT2D eigenvalue weighted by Crippen LogP contribution is -1.80. The van der Waals surface area contributed by atoms with Crippen LogP contribution in [0.4, 0.5) is 0 Å². The van der Waals surface area contributed by atoms with Gasteiger partial charge in [-0.25, -0.2) is 0 Å². The van der Waals surface area contributed by atoms with Crippen molar-refractivity contribution in [3.63, 3.8) is 0 Å². The molecule has 1 aliphatic rings. The number of halogens is 1. The summed E-state index contributed by atoms with van der Waals surface area (Å²) in [6.45, 7) is 4.33. The van der Waals surface area contributed by atoms with Gasteiger partial charge < -0.3 is 4.98 Å². The van der Waals surface area contributed by atoms with Crippen LogP contribution in [0, 0.1) is 13.8 Å². The fraction of sp³-hybridized carbons (Fsp3) is 0.385. The highest BCUT2D eigenvalue weighted by molar-refractivity contribution is 9.10. The second-order valence-electron chi connectivity index (χ2n) is 4.63. The first kappa shape index (κ1) is 9.46. The Bertz CT molecular complexity index is 535. The van der Waals surface area contributed by atoms with Gasteiger partial charge in [0, 0.05) is 27.0 Å². The van der Waals surface area contributed by atoms with Crippen molar-refractivity contribution < 1.29 is 0 Å². The lowest BCUT2D eigenvalue weighted by atomic mass is 10.1. The zero-order valence-corrected chi connectivity index (χ0v) is 10.6. The van der Waals surface area contributed by atoms with Crippen LogP contribution in [-0.4, -0.2) is 4.98 Å². The highest BCUT2D eigenvalue weighted by atomic mass is 79.9. The zero-order valence-electron chi connectivity index (χ0n) is 9.02. The third kappa shape index (κ3) is 1.43. The Kier molecular flexibility index (Phi) is 1.96. The van der Waals surface area contributed by atoms with E-state index in [1.807, 2.05) is 0 Å². The van der Waals surface area contributed by atoms with Gasteiger partial charge in [-0.2, -0.15) is 0 Å². The van der Waals surface area contributed by atoms with Crippen molar-refractivity contribution in [3.05, 3.63) is 33.4 Å². The number of hydrogen-bond donors (Lipinski definition) is 1. The van der Waals surface area contributed by atoms with Crippen LogP contribution in [0.2, 0.25) is 0 Å². The van der Waals surface area contributed by atoms with E-state index in [9.17, 15) is 0 Å². The molecule has 1 aliphatic carbocycles. The van der Waals surface area contributed by atoms with Crippen LogP contribution >= 0.6 is 15.9 Å². The van der Waals surface area contributed by atoms with E-state index >= 15 is 0 Å². The Morgan fingerprint density at radius 3 is 2.67 bits per heavy atom. The molecular formula is C13H14BrN. The van der Waals surface area contributed by atoms with Gasteiger partial charge in [-0.05, 0) is 54.2 Å². The molecule has 15 heavy (non-hydrogen) atoms. The third-order valence-electron chi connectivity index (χ3n) is 3.20. The number of aromatic amines is 1. The van der Waals surface area contributed by atoms with Crippen LogP contribution in [0.25, 0.3) is 10.9 Å². The lowest BCUT2D eigenvalue weighted by molar-refractivity contribution is 1.05. The van der Waals surface area contributed by atoms with Crippen LogP contribution in [0.5, 0.6) is 0 Å². The number of benzene rings is 1. The first-order valence-corrected chi connectivity index (χ1v) is 6.24. The molecule has 0 bridgehead atoms. The minimum Gasteiger partial charge on any atom is -0.357 e. The van der Waals surface area contributed by atoms with Gasteiger partial charge in [0.2, 0.25) is 0 Å². The second-order valence-corrected chi connectivity index (χ2v) is 5.42. The van der Waals surface area contributed by atoms with Crippen molar-refractivity contribution in [3.8, 4) is 0 Å². The molecule has 3 rings (SSSR count).